The maximum atomic E-state index is 15.9. The zero-order valence-electron chi connectivity index (χ0n) is 35.5. The van der Waals surface area contributed by atoms with Gasteiger partial charge in [0.25, 0.3) is 0 Å². The van der Waals surface area contributed by atoms with E-state index in [9.17, 15) is 19.5 Å². The minimum absolute atomic E-state index is 0.0234. The van der Waals surface area contributed by atoms with Crippen molar-refractivity contribution in [3.05, 3.63) is 0 Å². The molecule has 0 spiro atoms. The lowest BCUT2D eigenvalue weighted by Crippen LogP contribution is -2.62. The van der Waals surface area contributed by atoms with Gasteiger partial charge in [0.15, 0.2) is 16.9 Å². The highest BCUT2D eigenvalue weighted by atomic mass is 19.4. The lowest BCUT2D eigenvalue weighted by atomic mass is 9.45. The van der Waals surface area contributed by atoms with E-state index < -0.39 is 112 Å². The summed E-state index contributed by atoms with van der Waals surface area (Å²) >= 11 is 0. The van der Waals surface area contributed by atoms with Crippen molar-refractivity contribution in [2.24, 2.45) is 44.8 Å². The van der Waals surface area contributed by atoms with Gasteiger partial charge in [0, 0.05) is 11.8 Å². The fourth-order valence-corrected chi connectivity index (χ4v) is 12.0. The Morgan fingerprint density at radius 1 is 0.807 bits per heavy atom. The second-order valence-corrected chi connectivity index (χ2v) is 21.3. The Kier molecular flexibility index (Phi) is 12.2. The molecular formula is C43H66F6O8. The number of ether oxygens (including phenoxy) is 4. The zero-order valence-corrected chi connectivity index (χ0v) is 35.5. The van der Waals surface area contributed by atoms with Crippen LogP contribution in [0.25, 0.3) is 0 Å². The van der Waals surface area contributed by atoms with Crippen LogP contribution >= 0.6 is 0 Å². The van der Waals surface area contributed by atoms with Crippen molar-refractivity contribution in [3.63, 3.8) is 0 Å². The first-order valence-electron chi connectivity index (χ1n) is 21.0. The first kappa shape index (κ1) is 46.0. The molecule has 0 radical (unpaired) electrons. The molecule has 8 nitrogen and oxygen atoms in total. The summed E-state index contributed by atoms with van der Waals surface area (Å²) in [5.74, 6) is -2.49. The van der Waals surface area contributed by atoms with E-state index >= 15 is 26.3 Å². The van der Waals surface area contributed by atoms with Gasteiger partial charge in [-0.25, -0.2) is 4.79 Å². The summed E-state index contributed by atoms with van der Waals surface area (Å²) in [7, 11) is 0. The molecule has 1 aliphatic heterocycles. The van der Waals surface area contributed by atoms with E-state index in [0.29, 0.717) is 24.7 Å². The molecule has 57 heavy (non-hydrogen) atoms. The Bertz CT molecular complexity index is 1470. The topological polar surface area (TPSA) is 108 Å². The number of hydrogen-bond donors (Lipinski definition) is 1. The fraction of sp³-hybridized carbons (Fsp3) is 0.930. The molecule has 0 aromatic heterocycles. The number of aliphatic hydroxyl groups is 1. The average molecular weight is 825 g/mol. The van der Waals surface area contributed by atoms with Gasteiger partial charge < -0.3 is 24.1 Å². The van der Waals surface area contributed by atoms with Gasteiger partial charge in [-0.3, -0.25) is 9.59 Å². The first-order chi connectivity index (χ1) is 25.8. The lowest BCUT2D eigenvalue weighted by Gasteiger charge is -2.62. The highest BCUT2D eigenvalue weighted by molar-refractivity contribution is 5.80. The van der Waals surface area contributed by atoms with Crippen molar-refractivity contribution in [1.82, 2.24) is 0 Å². The van der Waals surface area contributed by atoms with E-state index in [0.717, 1.165) is 38.5 Å². The van der Waals surface area contributed by atoms with Gasteiger partial charge in [0.05, 0.1) is 12.2 Å². The number of aliphatic hydroxyl groups excluding tert-OH is 1. The summed E-state index contributed by atoms with van der Waals surface area (Å²) < 4.78 is 117. The number of carbonyl (C=O) groups excluding carboxylic acids is 3. The van der Waals surface area contributed by atoms with Crippen LogP contribution < -0.4 is 0 Å². The van der Waals surface area contributed by atoms with Gasteiger partial charge in [0.1, 0.15) is 17.3 Å². The van der Waals surface area contributed by atoms with E-state index in [2.05, 4.69) is 0 Å². The molecular weight excluding hydrogens is 758 g/mol. The van der Waals surface area contributed by atoms with Crippen molar-refractivity contribution in [2.75, 3.05) is 0 Å². The molecule has 6 rings (SSSR count). The molecule has 14 heteroatoms. The molecule has 0 aromatic rings. The summed E-state index contributed by atoms with van der Waals surface area (Å²) in [5.41, 5.74) is -12.8. The fourth-order valence-electron chi connectivity index (χ4n) is 12.0. The number of cyclic esters (lactones) is 1. The van der Waals surface area contributed by atoms with Crippen LogP contribution in [0.2, 0.25) is 0 Å². The van der Waals surface area contributed by atoms with Crippen LogP contribution in [0.5, 0.6) is 0 Å². The number of hydrogen-bond acceptors (Lipinski definition) is 8. The number of alkyl halides is 6. The Morgan fingerprint density at radius 3 is 1.74 bits per heavy atom. The summed E-state index contributed by atoms with van der Waals surface area (Å²) in [5, 5.41) is 9.88. The predicted molar refractivity (Wildman–Crippen MR) is 198 cm³/mol. The normalized spacial score (nSPS) is 33.2. The standard InChI is InChI=1S/C43H66F6O8/c1-11-41(43(47,48)49,34(53)57-38(8,9)40-19-25-16-26(20-40)18-27(17-25)21-40)36(4,5)23-31(55-30-22-37(6,7)56-32(30)51)35(2,3)24-39(10,42(44,45)46)33(52)54-29-14-12-28(50)13-15-29/h25-31,50H,11-24H2,1-10H3. The minimum Gasteiger partial charge on any atom is -0.462 e. The molecule has 4 atom stereocenters. The second-order valence-electron chi connectivity index (χ2n) is 21.3. The van der Waals surface area contributed by atoms with Crippen LogP contribution in [0.1, 0.15) is 159 Å². The second kappa shape index (κ2) is 15.1. The van der Waals surface area contributed by atoms with E-state index in [1.165, 1.54) is 34.6 Å². The molecule has 6 fully saturated rings. The average Bonchev–Trinajstić information content (AvgIpc) is 3.29. The molecule has 1 saturated heterocycles. The molecule has 5 saturated carbocycles. The first-order valence-corrected chi connectivity index (χ1v) is 21.0. The van der Waals surface area contributed by atoms with Gasteiger partial charge in [-0.2, -0.15) is 26.3 Å². The third-order valence-electron chi connectivity index (χ3n) is 15.2. The third-order valence-corrected chi connectivity index (χ3v) is 15.2. The van der Waals surface area contributed by atoms with Crippen LogP contribution in [-0.2, 0) is 33.3 Å². The molecule has 1 N–H and O–H groups in total. The predicted octanol–water partition coefficient (Wildman–Crippen LogP) is 10.2. The molecule has 5 aliphatic carbocycles. The summed E-state index contributed by atoms with van der Waals surface area (Å²) in [4.78, 5) is 41.3. The van der Waals surface area contributed by atoms with Crippen molar-refractivity contribution in [3.8, 4) is 0 Å². The zero-order chi connectivity index (χ0) is 43.0. The van der Waals surface area contributed by atoms with Gasteiger partial charge in [-0.05, 0) is 147 Å². The molecule has 0 aromatic carbocycles. The smallest absolute Gasteiger partial charge is 0.405 e. The number of halogens is 6. The maximum Gasteiger partial charge on any atom is 0.405 e. The van der Waals surface area contributed by atoms with Crippen LogP contribution in [0, 0.1) is 44.8 Å². The van der Waals surface area contributed by atoms with E-state index in [1.54, 1.807) is 27.7 Å². The molecule has 6 aliphatic rings. The number of carbonyl (C=O) groups is 3. The molecule has 0 amide bonds. The highest BCUT2D eigenvalue weighted by Gasteiger charge is 2.71. The van der Waals surface area contributed by atoms with Gasteiger partial charge in [-0.1, -0.05) is 34.6 Å². The van der Waals surface area contributed by atoms with Crippen LogP contribution in [-0.4, -0.2) is 71.0 Å². The van der Waals surface area contributed by atoms with Crippen molar-refractivity contribution < 1.29 is 64.8 Å². The minimum atomic E-state index is -5.17. The molecule has 328 valence electrons. The summed E-state index contributed by atoms with van der Waals surface area (Å²) in [6.07, 6.45) is -10.6. The van der Waals surface area contributed by atoms with E-state index in [1.807, 2.05) is 0 Å². The summed E-state index contributed by atoms with van der Waals surface area (Å²) in [6, 6.07) is 0. The maximum absolute atomic E-state index is 15.9. The van der Waals surface area contributed by atoms with Crippen LogP contribution in [0.4, 0.5) is 26.3 Å². The lowest BCUT2D eigenvalue weighted by molar-refractivity contribution is -0.283. The molecule has 4 bridgehead atoms. The van der Waals surface area contributed by atoms with Gasteiger partial charge in [0.2, 0.25) is 0 Å². The Hall–Kier alpha value is -2.09. The van der Waals surface area contributed by atoms with E-state index in [4.69, 9.17) is 18.9 Å². The monoisotopic (exact) mass is 824 g/mol. The van der Waals surface area contributed by atoms with Crippen molar-refractivity contribution in [2.45, 2.75) is 207 Å². The Balaban J connectivity index is 1.50. The number of esters is 3. The van der Waals surface area contributed by atoms with E-state index in [-0.39, 0.29) is 32.1 Å². The molecule has 1 heterocycles. The summed E-state index contributed by atoms with van der Waals surface area (Å²) in [6.45, 7) is 13.9. The van der Waals surface area contributed by atoms with Crippen LogP contribution in [0.3, 0.4) is 0 Å². The number of rotatable bonds is 14. The highest BCUT2D eigenvalue weighted by Crippen LogP contribution is 2.66. The van der Waals surface area contributed by atoms with Gasteiger partial charge >= 0.3 is 30.3 Å². The van der Waals surface area contributed by atoms with Crippen molar-refractivity contribution in [1.29, 1.82) is 0 Å². The largest absolute Gasteiger partial charge is 0.462 e. The van der Waals surface area contributed by atoms with Crippen molar-refractivity contribution >= 4 is 17.9 Å². The third kappa shape index (κ3) is 8.61. The SMILES string of the molecule is CCC(C(=O)OC(C)(C)C12CC3CC(CC(C3)C1)C2)(C(F)(F)F)C(C)(C)CC(OC1CC(C)(C)OC1=O)C(C)(C)CC(C)(C(=O)OC1CCC(O)CC1)C(F)(F)F. The van der Waals surface area contributed by atoms with Gasteiger partial charge in [-0.15, -0.1) is 0 Å². The Morgan fingerprint density at radius 2 is 1.32 bits per heavy atom. The Labute approximate surface area is 334 Å². The van der Waals surface area contributed by atoms with Crippen LogP contribution in [0.15, 0.2) is 0 Å². The molecule has 4 unspecified atom stereocenters. The quantitative estimate of drug-likeness (QED) is 0.105.